The third kappa shape index (κ3) is 8.65. The number of esters is 2. The molecule has 1 aliphatic rings. The highest BCUT2D eigenvalue weighted by atomic mass is 19.1. The van der Waals surface area contributed by atoms with Gasteiger partial charge in [0.25, 0.3) is 0 Å². The molecule has 4 nitrogen and oxygen atoms in total. The van der Waals surface area contributed by atoms with E-state index in [2.05, 4.69) is 13.5 Å². The van der Waals surface area contributed by atoms with Gasteiger partial charge in [0.05, 0.1) is 18.1 Å². The van der Waals surface area contributed by atoms with E-state index in [4.69, 9.17) is 9.47 Å². The second-order valence-corrected chi connectivity index (χ2v) is 9.45. The van der Waals surface area contributed by atoms with Crippen LogP contribution in [0.25, 0.3) is 0 Å². The standard InChI is InChI=1S/C30H37FO4/c1-3-4-7-20-34-30(33)27-19-14-24(21-28(27)31)9-6-5-8-23-12-17-26(18-13-23)35-29(32)25-15-10-22(2)11-16-25/h12-14,17-19,21,25H,2-11,15-16,20H2,1H3. The molecule has 0 bridgehead atoms. The molecule has 0 heterocycles. The number of halogens is 1. The Morgan fingerprint density at radius 2 is 1.60 bits per heavy atom. The Balaban J connectivity index is 1.38. The molecule has 188 valence electrons. The average Bonchev–Trinajstić information content (AvgIpc) is 2.86. The number of carbonyl (C=O) groups is 2. The van der Waals surface area contributed by atoms with Crippen molar-refractivity contribution in [1.29, 1.82) is 0 Å². The summed E-state index contributed by atoms with van der Waals surface area (Å²) in [5.41, 5.74) is 3.27. The van der Waals surface area contributed by atoms with E-state index < -0.39 is 11.8 Å². The van der Waals surface area contributed by atoms with Crippen LogP contribution in [0.4, 0.5) is 4.39 Å². The van der Waals surface area contributed by atoms with Crippen molar-refractivity contribution in [1.82, 2.24) is 0 Å². The molecule has 0 amide bonds. The fourth-order valence-electron chi connectivity index (χ4n) is 4.32. The van der Waals surface area contributed by atoms with Crippen LogP contribution in [0.3, 0.4) is 0 Å². The largest absolute Gasteiger partial charge is 0.462 e. The molecule has 3 rings (SSSR count). The minimum Gasteiger partial charge on any atom is -0.462 e. The molecule has 1 fully saturated rings. The lowest BCUT2D eigenvalue weighted by molar-refractivity contribution is -0.139. The summed E-state index contributed by atoms with van der Waals surface area (Å²) in [7, 11) is 0. The van der Waals surface area contributed by atoms with E-state index in [1.54, 1.807) is 6.07 Å². The molecule has 0 aromatic heterocycles. The van der Waals surface area contributed by atoms with E-state index in [1.165, 1.54) is 23.3 Å². The normalized spacial score (nSPS) is 14.1. The maximum atomic E-state index is 14.4. The molecule has 2 aromatic carbocycles. The van der Waals surface area contributed by atoms with Crippen molar-refractivity contribution >= 4 is 11.9 Å². The summed E-state index contributed by atoms with van der Waals surface area (Å²) in [4.78, 5) is 24.4. The zero-order chi connectivity index (χ0) is 25.0. The van der Waals surface area contributed by atoms with Gasteiger partial charge in [-0.05, 0) is 93.2 Å². The minimum atomic E-state index is -0.594. The number of hydrogen-bond acceptors (Lipinski definition) is 4. The SMILES string of the molecule is C=C1CCC(C(=O)Oc2ccc(CCCCc3ccc(C(=O)OCCCCC)c(F)c3)cc2)CC1. The van der Waals surface area contributed by atoms with Crippen LogP contribution >= 0.6 is 0 Å². The summed E-state index contributed by atoms with van der Waals surface area (Å²) in [6.07, 6.45) is 9.78. The van der Waals surface area contributed by atoms with E-state index in [0.29, 0.717) is 12.4 Å². The Bertz CT molecular complexity index is 986. The van der Waals surface area contributed by atoms with Gasteiger partial charge in [-0.15, -0.1) is 0 Å². The summed E-state index contributed by atoms with van der Waals surface area (Å²) in [6, 6.07) is 12.5. The third-order valence-corrected chi connectivity index (χ3v) is 6.58. The number of allylic oxidation sites excluding steroid dienone is 1. The van der Waals surface area contributed by atoms with Gasteiger partial charge in [0.2, 0.25) is 0 Å². The number of aryl methyl sites for hydroxylation is 2. The van der Waals surface area contributed by atoms with Gasteiger partial charge in [-0.1, -0.05) is 50.1 Å². The van der Waals surface area contributed by atoms with Gasteiger partial charge in [-0.3, -0.25) is 4.79 Å². The molecular formula is C30H37FO4. The number of hydrogen-bond donors (Lipinski definition) is 0. The van der Waals surface area contributed by atoms with Crippen molar-refractivity contribution in [2.45, 2.75) is 77.6 Å². The fourth-order valence-corrected chi connectivity index (χ4v) is 4.32. The van der Waals surface area contributed by atoms with Gasteiger partial charge >= 0.3 is 11.9 Å². The lowest BCUT2D eigenvalue weighted by Gasteiger charge is -2.21. The zero-order valence-electron chi connectivity index (χ0n) is 20.8. The molecule has 1 aliphatic carbocycles. The highest BCUT2D eigenvalue weighted by Crippen LogP contribution is 2.28. The first-order valence-corrected chi connectivity index (χ1v) is 12.9. The molecule has 0 radical (unpaired) electrons. The molecule has 0 unspecified atom stereocenters. The van der Waals surface area contributed by atoms with Crippen LogP contribution in [0.1, 0.15) is 86.2 Å². The minimum absolute atomic E-state index is 0.0000175. The summed E-state index contributed by atoms with van der Waals surface area (Å²) in [5, 5.41) is 0. The molecule has 0 aliphatic heterocycles. The lowest BCUT2D eigenvalue weighted by atomic mass is 9.87. The zero-order valence-corrected chi connectivity index (χ0v) is 20.8. The van der Waals surface area contributed by atoms with Crippen LogP contribution in [0.2, 0.25) is 0 Å². The van der Waals surface area contributed by atoms with E-state index in [0.717, 1.165) is 76.2 Å². The highest BCUT2D eigenvalue weighted by Gasteiger charge is 2.24. The van der Waals surface area contributed by atoms with Crippen LogP contribution in [-0.2, 0) is 22.4 Å². The number of benzene rings is 2. The van der Waals surface area contributed by atoms with Crippen molar-refractivity contribution in [2.24, 2.45) is 5.92 Å². The Morgan fingerprint density at radius 1 is 0.943 bits per heavy atom. The van der Waals surface area contributed by atoms with Crippen molar-refractivity contribution < 1.29 is 23.5 Å². The molecule has 0 spiro atoms. The molecule has 0 N–H and O–H groups in total. The predicted molar refractivity (Wildman–Crippen MR) is 136 cm³/mol. The van der Waals surface area contributed by atoms with Crippen LogP contribution in [0.5, 0.6) is 5.75 Å². The van der Waals surface area contributed by atoms with Crippen LogP contribution in [0.15, 0.2) is 54.6 Å². The first-order chi connectivity index (χ1) is 17.0. The van der Waals surface area contributed by atoms with E-state index in [9.17, 15) is 14.0 Å². The quantitative estimate of drug-likeness (QED) is 0.138. The van der Waals surface area contributed by atoms with Crippen molar-refractivity contribution in [3.63, 3.8) is 0 Å². The van der Waals surface area contributed by atoms with E-state index >= 15 is 0 Å². The number of unbranched alkanes of at least 4 members (excludes halogenated alkanes) is 3. The summed E-state index contributed by atoms with van der Waals surface area (Å²) in [6.45, 7) is 6.39. The topological polar surface area (TPSA) is 52.6 Å². The van der Waals surface area contributed by atoms with E-state index in [1.807, 2.05) is 24.3 Å². The summed E-state index contributed by atoms with van der Waals surface area (Å²) < 4.78 is 25.1. The monoisotopic (exact) mass is 480 g/mol. The van der Waals surface area contributed by atoms with Gasteiger partial charge in [0.1, 0.15) is 11.6 Å². The highest BCUT2D eigenvalue weighted by molar-refractivity contribution is 5.89. The fraction of sp³-hybridized carbons (Fsp3) is 0.467. The van der Waals surface area contributed by atoms with Crippen LogP contribution in [-0.4, -0.2) is 18.5 Å². The Morgan fingerprint density at radius 3 is 2.26 bits per heavy atom. The average molecular weight is 481 g/mol. The molecular weight excluding hydrogens is 443 g/mol. The third-order valence-electron chi connectivity index (χ3n) is 6.58. The molecule has 0 atom stereocenters. The Hall–Kier alpha value is -2.95. The maximum absolute atomic E-state index is 14.4. The second kappa shape index (κ2) is 13.8. The Kier molecular flexibility index (Phi) is 10.5. The van der Waals surface area contributed by atoms with Gasteiger partial charge in [0.15, 0.2) is 0 Å². The predicted octanol–water partition coefficient (Wildman–Crippen LogP) is 7.39. The van der Waals surface area contributed by atoms with Crippen molar-refractivity contribution in [2.75, 3.05) is 6.61 Å². The summed E-state index contributed by atoms with van der Waals surface area (Å²) >= 11 is 0. The van der Waals surface area contributed by atoms with E-state index in [-0.39, 0.29) is 17.5 Å². The molecule has 0 saturated heterocycles. The van der Waals surface area contributed by atoms with Gasteiger partial charge in [-0.2, -0.15) is 0 Å². The molecule has 2 aromatic rings. The number of carbonyl (C=O) groups excluding carboxylic acids is 2. The first-order valence-electron chi connectivity index (χ1n) is 12.9. The lowest BCUT2D eigenvalue weighted by Crippen LogP contribution is -2.23. The van der Waals surface area contributed by atoms with Gasteiger partial charge in [0, 0.05) is 0 Å². The number of ether oxygens (including phenoxy) is 2. The summed E-state index contributed by atoms with van der Waals surface area (Å²) in [5.74, 6) is -0.707. The van der Waals surface area contributed by atoms with Crippen LogP contribution < -0.4 is 4.74 Å². The van der Waals surface area contributed by atoms with Crippen molar-refractivity contribution in [3.05, 3.63) is 77.1 Å². The molecule has 35 heavy (non-hydrogen) atoms. The van der Waals surface area contributed by atoms with Gasteiger partial charge in [-0.25, -0.2) is 9.18 Å². The Labute approximate surface area is 208 Å². The van der Waals surface area contributed by atoms with Crippen LogP contribution in [0, 0.1) is 11.7 Å². The molecule has 1 saturated carbocycles. The second-order valence-electron chi connectivity index (χ2n) is 9.45. The maximum Gasteiger partial charge on any atom is 0.341 e. The smallest absolute Gasteiger partial charge is 0.341 e. The first kappa shape index (κ1) is 26.7. The molecule has 5 heteroatoms. The van der Waals surface area contributed by atoms with Gasteiger partial charge < -0.3 is 9.47 Å². The van der Waals surface area contributed by atoms with Crippen molar-refractivity contribution in [3.8, 4) is 5.75 Å². The number of rotatable bonds is 12.